The number of benzene rings is 1. The SMILES string of the molecule is CC(C)C1CC(C2CCN(Cc3ccnc4ccccc34)CC2)NN1. The van der Waals surface area contributed by atoms with Crippen molar-refractivity contribution in [3.8, 4) is 0 Å². The summed E-state index contributed by atoms with van der Waals surface area (Å²) in [5.74, 6) is 1.51. The van der Waals surface area contributed by atoms with Crippen molar-refractivity contribution in [1.82, 2.24) is 20.7 Å². The number of hydrogen-bond acceptors (Lipinski definition) is 4. The minimum absolute atomic E-state index is 0.631. The maximum Gasteiger partial charge on any atom is 0.0705 e. The third kappa shape index (κ3) is 3.71. The van der Waals surface area contributed by atoms with Gasteiger partial charge in [-0.1, -0.05) is 32.0 Å². The Morgan fingerprint density at radius 1 is 1.12 bits per heavy atom. The summed E-state index contributed by atoms with van der Waals surface area (Å²) in [7, 11) is 0. The molecule has 0 bridgehead atoms. The van der Waals surface area contributed by atoms with Crippen LogP contribution in [0, 0.1) is 11.8 Å². The van der Waals surface area contributed by atoms with E-state index in [0.717, 1.165) is 18.0 Å². The van der Waals surface area contributed by atoms with E-state index in [1.807, 2.05) is 6.20 Å². The lowest BCUT2D eigenvalue weighted by Crippen LogP contribution is -2.42. The molecule has 4 nitrogen and oxygen atoms in total. The van der Waals surface area contributed by atoms with E-state index in [0.29, 0.717) is 18.0 Å². The summed E-state index contributed by atoms with van der Waals surface area (Å²) in [6, 6.07) is 12.0. The number of aromatic nitrogens is 1. The van der Waals surface area contributed by atoms with Crippen LogP contribution in [0.4, 0.5) is 0 Å². The Kier molecular flexibility index (Phi) is 5.02. The second-order valence-corrected chi connectivity index (χ2v) is 8.08. The summed E-state index contributed by atoms with van der Waals surface area (Å²) in [4.78, 5) is 7.10. The number of para-hydroxylation sites is 1. The molecular formula is C21H30N4. The highest BCUT2D eigenvalue weighted by Crippen LogP contribution is 2.28. The normalized spacial score (nSPS) is 25.9. The fourth-order valence-electron chi connectivity index (χ4n) is 4.40. The third-order valence-corrected chi connectivity index (χ3v) is 6.10. The average Bonchev–Trinajstić information content (AvgIpc) is 3.13. The number of rotatable bonds is 4. The summed E-state index contributed by atoms with van der Waals surface area (Å²) in [6.07, 6.45) is 5.82. The van der Waals surface area contributed by atoms with Crippen molar-refractivity contribution < 1.29 is 0 Å². The highest BCUT2D eigenvalue weighted by Gasteiger charge is 2.33. The first-order chi connectivity index (χ1) is 12.2. The molecule has 0 aliphatic carbocycles. The van der Waals surface area contributed by atoms with Crippen LogP contribution >= 0.6 is 0 Å². The van der Waals surface area contributed by atoms with Crippen LogP contribution in [0.2, 0.25) is 0 Å². The van der Waals surface area contributed by atoms with Crippen LogP contribution in [0.15, 0.2) is 36.5 Å². The smallest absolute Gasteiger partial charge is 0.0705 e. The minimum Gasteiger partial charge on any atom is -0.299 e. The maximum absolute atomic E-state index is 4.49. The van der Waals surface area contributed by atoms with Gasteiger partial charge in [0.05, 0.1) is 5.52 Å². The quantitative estimate of drug-likeness (QED) is 0.897. The number of likely N-dealkylation sites (tertiary alicyclic amines) is 1. The number of hydrogen-bond donors (Lipinski definition) is 2. The molecule has 134 valence electrons. The first kappa shape index (κ1) is 17.0. The van der Waals surface area contributed by atoms with Gasteiger partial charge in [-0.15, -0.1) is 0 Å². The lowest BCUT2D eigenvalue weighted by atomic mass is 9.85. The van der Waals surface area contributed by atoms with Crippen molar-refractivity contribution >= 4 is 10.9 Å². The van der Waals surface area contributed by atoms with Gasteiger partial charge in [0, 0.05) is 30.2 Å². The molecule has 0 saturated carbocycles. The van der Waals surface area contributed by atoms with E-state index in [4.69, 9.17) is 0 Å². The first-order valence-electron chi connectivity index (χ1n) is 9.77. The maximum atomic E-state index is 4.49. The topological polar surface area (TPSA) is 40.2 Å². The molecule has 1 aromatic carbocycles. The largest absolute Gasteiger partial charge is 0.299 e. The Balaban J connectivity index is 1.35. The van der Waals surface area contributed by atoms with E-state index in [1.165, 1.54) is 43.3 Å². The molecule has 2 fully saturated rings. The lowest BCUT2D eigenvalue weighted by Gasteiger charge is -2.34. The van der Waals surface area contributed by atoms with Gasteiger partial charge in [0.25, 0.3) is 0 Å². The predicted octanol–water partition coefficient (Wildman–Crippen LogP) is 3.34. The Labute approximate surface area is 151 Å². The van der Waals surface area contributed by atoms with Gasteiger partial charge in [-0.3, -0.25) is 20.7 Å². The molecule has 2 aliphatic rings. The number of piperidine rings is 1. The highest BCUT2D eigenvalue weighted by atomic mass is 15.4. The molecule has 2 aromatic rings. The molecule has 2 N–H and O–H groups in total. The molecule has 4 rings (SSSR count). The van der Waals surface area contributed by atoms with Crippen LogP contribution in [0.1, 0.15) is 38.7 Å². The number of nitrogens with zero attached hydrogens (tertiary/aromatic N) is 2. The van der Waals surface area contributed by atoms with Crippen molar-refractivity contribution in [2.45, 2.75) is 51.7 Å². The summed E-state index contributed by atoms with van der Waals surface area (Å²) < 4.78 is 0. The second-order valence-electron chi connectivity index (χ2n) is 8.08. The van der Waals surface area contributed by atoms with E-state index in [9.17, 15) is 0 Å². The molecule has 0 amide bonds. The molecule has 0 spiro atoms. The van der Waals surface area contributed by atoms with Crippen LogP contribution in [-0.4, -0.2) is 35.1 Å². The van der Waals surface area contributed by atoms with Crippen LogP contribution in [0.3, 0.4) is 0 Å². The van der Waals surface area contributed by atoms with Crippen molar-refractivity contribution in [3.63, 3.8) is 0 Å². The third-order valence-electron chi connectivity index (χ3n) is 6.10. The zero-order chi connectivity index (χ0) is 17.2. The van der Waals surface area contributed by atoms with Crippen molar-refractivity contribution in [2.24, 2.45) is 11.8 Å². The summed E-state index contributed by atoms with van der Waals surface area (Å²) in [6.45, 7) is 8.06. The van der Waals surface area contributed by atoms with E-state index in [2.05, 4.69) is 64.9 Å². The van der Waals surface area contributed by atoms with E-state index in [1.54, 1.807) is 0 Å². The van der Waals surface area contributed by atoms with E-state index in [-0.39, 0.29) is 0 Å². The van der Waals surface area contributed by atoms with Gasteiger partial charge in [-0.05, 0) is 61.9 Å². The summed E-state index contributed by atoms with van der Waals surface area (Å²) in [5, 5.41) is 1.30. The van der Waals surface area contributed by atoms with Crippen LogP contribution in [0.5, 0.6) is 0 Å². The number of nitrogens with one attached hydrogen (secondary N) is 2. The van der Waals surface area contributed by atoms with Gasteiger partial charge in [0.2, 0.25) is 0 Å². The first-order valence-corrected chi connectivity index (χ1v) is 9.77. The van der Waals surface area contributed by atoms with Gasteiger partial charge in [0.1, 0.15) is 0 Å². The molecule has 4 heteroatoms. The van der Waals surface area contributed by atoms with Crippen LogP contribution < -0.4 is 10.9 Å². The standard InChI is InChI=1S/C21H30N4/c1-15(2)20-13-21(24-23-20)16-8-11-25(12-9-16)14-17-7-10-22-19-6-4-3-5-18(17)19/h3-7,10,15-16,20-21,23-24H,8-9,11-14H2,1-2H3. The molecule has 2 aliphatic heterocycles. The Hall–Kier alpha value is -1.49. The second kappa shape index (κ2) is 7.40. The van der Waals surface area contributed by atoms with E-state index < -0.39 is 0 Å². The monoisotopic (exact) mass is 338 g/mol. The fourth-order valence-corrected chi connectivity index (χ4v) is 4.40. The van der Waals surface area contributed by atoms with Crippen LogP contribution in [-0.2, 0) is 6.54 Å². The summed E-state index contributed by atoms with van der Waals surface area (Å²) >= 11 is 0. The van der Waals surface area contributed by atoms with Crippen LogP contribution in [0.25, 0.3) is 10.9 Å². The summed E-state index contributed by atoms with van der Waals surface area (Å²) in [5.41, 5.74) is 9.59. The highest BCUT2D eigenvalue weighted by molar-refractivity contribution is 5.81. The van der Waals surface area contributed by atoms with Gasteiger partial charge in [0.15, 0.2) is 0 Å². The van der Waals surface area contributed by atoms with E-state index >= 15 is 0 Å². The van der Waals surface area contributed by atoms with Crippen molar-refractivity contribution in [1.29, 1.82) is 0 Å². The number of hydrazine groups is 1. The van der Waals surface area contributed by atoms with Crippen molar-refractivity contribution in [2.75, 3.05) is 13.1 Å². The molecule has 2 atom stereocenters. The predicted molar refractivity (Wildman–Crippen MR) is 103 cm³/mol. The number of pyridine rings is 1. The molecular weight excluding hydrogens is 308 g/mol. The fraction of sp³-hybridized carbons (Fsp3) is 0.571. The van der Waals surface area contributed by atoms with Gasteiger partial charge in [-0.2, -0.15) is 0 Å². The zero-order valence-corrected chi connectivity index (χ0v) is 15.4. The number of fused-ring (bicyclic) bond motifs is 1. The molecule has 1 aromatic heterocycles. The average molecular weight is 338 g/mol. The Bertz CT molecular complexity index is 701. The molecule has 2 unspecified atom stereocenters. The van der Waals surface area contributed by atoms with Gasteiger partial charge < -0.3 is 0 Å². The molecule has 25 heavy (non-hydrogen) atoms. The van der Waals surface area contributed by atoms with Gasteiger partial charge >= 0.3 is 0 Å². The molecule has 2 saturated heterocycles. The van der Waals surface area contributed by atoms with Crippen molar-refractivity contribution in [3.05, 3.63) is 42.1 Å². The minimum atomic E-state index is 0.631. The Morgan fingerprint density at radius 2 is 1.92 bits per heavy atom. The Morgan fingerprint density at radius 3 is 2.68 bits per heavy atom. The zero-order valence-electron chi connectivity index (χ0n) is 15.4. The molecule has 3 heterocycles. The van der Waals surface area contributed by atoms with Gasteiger partial charge in [-0.25, -0.2) is 0 Å². The molecule has 0 radical (unpaired) electrons. The lowest BCUT2D eigenvalue weighted by molar-refractivity contribution is 0.156.